The SMILES string of the molecule is CCCCCCC/C=C\C/C=C\C/C=C\CCCCCCCCCCCCCCCCC(=O)OCC(COC(=O)CCCCCCC/C=C\CCCCCCCC)OC(=O)CCCCCCCCCCCCCCCCCC. The molecule has 0 aliphatic heterocycles. The van der Waals surface area contributed by atoms with Crippen molar-refractivity contribution in [3.8, 4) is 0 Å². The van der Waals surface area contributed by atoms with Gasteiger partial charge in [-0.15, -0.1) is 0 Å². The smallest absolute Gasteiger partial charge is 0.306 e. The molecule has 1 atom stereocenters. The van der Waals surface area contributed by atoms with E-state index < -0.39 is 6.10 Å². The first-order valence-corrected chi connectivity index (χ1v) is 34.6. The van der Waals surface area contributed by atoms with Gasteiger partial charge >= 0.3 is 17.9 Å². The van der Waals surface area contributed by atoms with E-state index in [2.05, 4.69) is 69.4 Å². The second-order valence-corrected chi connectivity index (χ2v) is 23.4. The number of carbonyl (C=O) groups is 3. The Morgan fingerprint density at radius 3 is 0.731 bits per heavy atom. The van der Waals surface area contributed by atoms with Gasteiger partial charge < -0.3 is 14.2 Å². The molecule has 0 heterocycles. The first-order chi connectivity index (χ1) is 38.5. The molecule has 0 fully saturated rings. The maximum Gasteiger partial charge on any atom is 0.306 e. The quantitative estimate of drug-likeness (QED) is 0.0261. The molecule has 78 heavy (non-hydrogen) atoms. The van der Waals surface area contributed by atoms with Gasteiger partial charge in [0.2, 0.25) is 0 Å². The number of esters is 3. The number of rotatable bonds is 64. The summed E-state index contributed by atoms with van der Waals surface area (Å²) in [5.41, 5.74) is 0. The van der Waals surface area contributed by atoms with E-state index in [1.807, 2.05) is 0 Å². The predicted octanol–water partition coefficient (Wildman–Crippen LogP) is 23.7. The molecule has 0 aliphatic carbocycles. The van der Waals surface area contributed by atoms with E-state index in [1.54, 1.807) is 0 Å². The molecule has 0 aromatic rings. The highest BCUT2D eigenvalue weighted by atomic mass is 16.6. The molecule has 0 amide bonds. The Kier molecular flexibility index (Phi) is 64.6. The topological polar surface area (TPSA) is 78.9 Å². The zero-order chi connectivity index (χ0) is 56.4. The van der Waals surface area contributed by atoms with Gasteiger partial charge in [-0.3, -0.25) is 14.4 Å². The molecule has 6 nitrogen and oxygen atoms in total. The summed E-state index contributed by atoms with van der Waals surface area (Å²) in [7, 11) is 0. The molecule has 0 N–H and O–H groups in total. The van der Waals surface area contributed by atoms with Crippen LogP contribution in [0.4, 0.5) is 0 Å². The van der Waals surface area contributed by atoms with E-state index in [-0.39, 0.29) is 31.1 Å². The van der Waals surface area contributed by atoms with E-state index in [4.69, 9.17) is 14.2 Å². The zero-order valence-corrected chi connectivity index (χ0v) is 52.5. The minimum absolute atomic E-state index is 0.0713. The van der Waals surface area contributed by atoms with Gasteiger partial charge in [-0.25, -0.2) is 0 Å². The third-order valence-corrected chi connectivity index (χ3v) is 15.6. The Morgan fingerprint density at radius 1 is 0.256 bits per heavy atom. The molecule has 0 radical (unpaired) electrons. The van der Waals surface area contributed by atoms with Crippen molar-refractivity contribution >= 4 is 17.9 Å². The fourth-order valence-electron chi connectivity index (χ4n) is 10.3. The number of unbranched alkanes of at least 4 members (excludes halogenated alkanes) is 45. The van der Waals surface area contributed by atoms with E-state index in [9.17, 15) is 14.4 Å². The second kappa shape index (κ2) is 66.9. The Bertz CT molecular complexity index is 1350. The molecule has 6 heteroatoms. The summed E-state index contributed by atoms with van der Waals surface area (Å²) in [4.78, 5) is 38.4. The maximum atomic E-state index is 12.9. The summed E-state index contributed by atoms with van der Waals surface area (Å²) < 4.78 is 17.0. The van der Waals surface area contributed by atoms with Crippen molar-refractivity contribution in [1.29, 1.82) is 0 Å². The van der Waals surface area contributed by atoms with Crippen molar-refractivity contribution in [2.75, 3.05) is 13.2 Å². The fraction of sp³-hybridized carbons (Fsp3) is 0.847. The van der Waals surface area contributed by atoms with Crippen LogP contribution in [0, 0.1) is 0 Å². The molecule has 0 saturated carbocycles. The third kappa shape index (κ3) is 64.2. The lowest BCUT2D eigenvalue weighted by Crippen LogP contribution is -2.30. The lowest BCUT2D eigenvalue weighted by molar-refractivity contribution is -0.167. The summed E-state index contributed by atoms with van der Waals surface area (Å²) in [6, 6.07) is 0. The average Bonchev–Trinajstić information content (AvgIpc) is 3.44. The van der Waals surface area contributed by atoms with Crippen molar-refractivity contribution < 1.29 is 28.6 Å². The van der Waals surface area contributed by atoms with Gasteiger partial charge in [0, 0.05) is 19.3 Å². The summed E-state index contributed by atoms with van der Waals surface area (Å²) >= 11 is 0. The van der Waals surface area contributed by atoms with Crippen LogP contribution in [-0.2, 0) is 28.6 Å². The number of allylic oxidation sites excluding steroid dienone is 8. The molecule has 0 spiro atoms. The zero-order valence-electron chi connectivity index (χ0n) is 52.5. The Labute approximate surface area is 486 Å². The van der Waals surface area contributed by atoms with Crippen LogP contribution in [-0.4, -0.2) is 37.2 Å². The standard InChI is InChI=1S/C72H132O6/c1-4-7-10-13-16-19-22-25-28-30-31-32-33-34-35-36-37-38-39-40-41-42-45-47-50-53-56-59-62-65-71(74)77-68-69(67-76-70(73)64-61-58-55-52-49-46-43-27-24-21-18-15-12-9-6-3)78-72(75)66-63-60-57-54-51-48-44-29-26-23-20-17-14-11-8-5-2/h22,25,27,30-31,33-34,43,69H,4-21,23-24,26,28-29,32,35-42,44-68H2,1-3H3/b25-22-,31-30-,34-33-,43-27-. The first-order valence-electron chi connectivity index (χ1n) is 34.6. The Hall–Kier alpha value is -2.63. The normalized spacial score (nSPS) is 12.3. The lowest BCUT2D eigenvalue weighted by atomic mass is 10.0. The van der Waals surface area contributed by atoms with Gasteiger partial charge in [0.25, 0.3) is 0 Å². The average molecular weight is 1090 g/mol. The van der Waals surface area contributed by atoms with Gasteiger partial charge in [0.1, 0.15) is 13.2 Å². The summed E-state index contributed by atoms with van der Waals surface area (Å²) in [6.45, 7) is 6.68. The molecule has 1 unspecified atom stereocenters. The highest BCUT2D eigenvalue weighted by molar-refractivity contribution is 5.71. The molecule has 0 aromatic carbocycles. The summed E-state index contributed by atoms with van der Waals surface area (Å²) in [6.07, 6.45) is 84.2. The highest BCUT2D eigenvalue weighted by Crippen LogP contribution is 2.18. The number of carbonyl (C=O) groups excluding carboxylic acids is 3. The van der Waals surface area contributed by atoms with Crippen LogP contribution >= 0.6 is 0 Å². The molecular weight excluding hydrogens is 961 g/mol. The van der Waals surface area contributed by atoms with Gasteiger partial charge in [-0.05, 0) is 83.5 Å². The summed E-state index contributed by atoms with van der Waals surface area (Å²) in [5.74, 6) is -0.855. The minimum atomic E-state index is -0.774. The highest BCUT2D eigenvalue weighted by Gasteiger charge is 2.19. The van der Waals surface area contributed by atoms with E-state index in [0.717, 1.165) is 77.0 Å². The molecule has 0 saturated heterocycles. The van der Waals surface area contributed by atoms with Crippen LogP contribution in [0.3, 0.4) is 0 Å². The molecular formula is C72H132O6. The molecule has 0 aliphatic rings. The van der Waals surface area contributed by atoms with Crippen LogP contribution in [0.1, 0.15) is 374 Å². The van der Waals surface area contributed by atoms with Gasteiger partial charge in [-0.1, -0.05) is 320 Å². The fourth-order valence-corrected chi connectivity index (χ4v) is 10.3. The molecule has 0 bridgehead atoms. The van der Waals surface area contributed by atoms with Crippen molar-refractivity contribution in [2.45, 2.75) is 380 Å². The van der Waals surface area contributed by atoms with Crippen LogP contribution in [0.2, 0.25) is 0 Å². The van der Waals surface area contributed by atoms with E-state index in [1.165, 1.54) is 257 Å². The molecule has 456 valence electrons. The number of hydrogen-bond donors (Lipinski definition) is 0. The minimum Gasteiger partial charge on any atom is -0.462 e. The van der Waals surface area contributed by atoms with Crippen LogP contribution in [0.25, 0.3) is 0 Å². The van der Waals surface area contributed by atoms with Gasteiger partial charge in [0.05, 0.1) is 0 Å². The van der Waals surface area contributed by atoms with Crippen LogP contribution in [0.15, 0.2) is 48.6 Å². The van der Waals surface area contributed by atoms with Crippen molar-refractivity contribution in [3.05, 3.63) is 48.6 Å². The van der Waals surface area contributed by atoms with E-state index >= 15 is 0 Å². The largest absolute Gasteiger partial charge is 0.462 e. The van der Waals surface area contributed by atoms with Crippen molar-refractivity contribution in [3.63, 3.8) is 0 Å². The monoisotopic (exact) mass is 1090 g/mol. The number of hydrogen-bond acceptors (Lipinski definition) is 6. The second-order valence-electron chi connectivity index (χ2n) is 23.4. The Morgan fingerprint density at radius 2 is 0.462 bits per heavy atom. The van der Waals surface area contributed by atoms with E-state index in [0.29, 0.717) is 19.3 Å². The van der Waals surface area contributed by atoms with Gasteiger partial charge in [-0.2, -0.15) is 0 Å². The Balaban J connectivity index is 4.22. The predicted molar refractivity (Wildman–Crippen MR) is 339 cm³/mol. The maximum absolute atomic E-state index is 12.9. The lowest BCUT2D eigenvalue weighted by Gasteiger charge is -2.18. The molecule has 0 rings (SSSR count). The van der Waals surface area contributed by atoms with Crippen molar-refractivity contribution in [2.24, 2.45) is 0 Å². The number of ether oxygens (including phenoxy) is 3. The first kappa shape index (κ1) is 75.4. The molecule has 0 aromatic heterocycles. The van der Waals surface area contributed by atoms with Crippen molar-refractivity contribution in [1.82, 2.24) is 0 Å². The van der Waals surface area contributed by atoms with Crippen LogP contribution < -0.4 is 0 Å². The van der Waals surface area contributed by atoms with Gasteiger partial charge in [0.15, 0.2) is 6.10 Å². The summed E-state index contributed by atoms with van der Waals surface area (Å²) in [5, 5.41) is 0. The van der Waals surface area contributed by atoms with Crippen LogP contribution in [0.5, 0.6) is 0 Å². The third-order valence-electron chi connectivity index (χ3n) is 15.6.